The van der Waals surface area contributed by atoms with Crippen LogP contribution in [0.3, 0.4) is 0 Å². The molecule has 0 fully saturated rings. The third-order valence-corrected chi connectivity index (χ3v) is 4.99. The van der Waals surface area contributed by atoms with Crippen molar-refractivity contribution in [3.63, 3.8) is 0 Å². The lowest BCUT2D eigenvalue weighted by molar-refractivity contribution is 0.0846. The average Bonchev–Trinajstić information content (AvgIpc) is 2.66. The fraction of sp³-hybridized carbons (Fsp3) is 0.364. The number of hydrogen-bond donors (Lipinski definition) is 3. The Bertz CT molecular complexity index is 898. The normalized spacial score (nSPS) is 18.0. The third-order valence-electron chi connectivity index (χ3n) is 4.99. The molecule has 2 atom stereocenters. The zero-order valence-corrected chi connectivity index (χ0v) is 16.5. The van der Waals surface area contributed by atoms with Crippen LogP contribution >= 0.6 is 0 Å². The molecule has 0 saturated carbocycles. The van der Waals surface area contributed by atoms with Crippen LogP contribution in [0.1, 0.15) is 42.6 Å². The number of allylic oxidation sites excluding steroid dienone is 2. The maximum absolute atomic E-state index is 11.0. The number of phenolic OH excluding ortho intramolecular Hbond substituents is 2. The smallest absolute Gasteiger partial charge is 0.132 e. The Kier molecular flexibility index (Phi) is 5.70. The van der Waals surface area contributed by atoms with Crippen molar-refractivity contribution in [1.29, 1.82) is 0 Å². The van der Waals surface area contributed by atoms with E-state index in [1.807, 2.05) is 26.0 Å². The second-order valence-electron chi connectivity index (χ2n) is 7.13. The van der Waals surface area contributed by atoms with Crippen molar-refractivity contribution in [1.82, 2.24) is 0 Å². The van der Waals surface area contributed by atoms with E-state index in [9.17, 15) is 15.3 Å². The number of aliphatic hydroxyl groups excluding tert-OH is 1. The van der Waals surface area contributed by atoms with Gasteiger partial charge in [0.1, 0.15) is 28.7 Å². The fourth-order valence-electron chi connectivity index (χ4n) is 3.43. The molecule has 150 valence electrons. The molecule has 2 unspecified atom stereocenters. The van der Waals surface area contributed by atoms with Crippen molar-refractivity contribution in [3.8, 4) is 28.7 Å². The zero-order chi connectivity index (χ0) is 20.4. The van der Waals surface area contributed by atoms with Crippen molar-refractivity contribution in [2.75, 3.05) is 20.8 Å². The van der Waals surface area contributed by atoms with Crippen LogP contribution in [-0.2, 0) is 6.42 Å². The van der Waals surface area contributed by atoms with E-state index in [0.717, 1.165) is 11.1 Å². The number of methoxy groups -OCH3 is 2. The van der Waals surface area contributed by atoms with E-state index < -0.39 is 12.0 Å². The van der Waals surface area contributed by atoms with Gasteiger partial charge >= 0.3 is 0 Å². The lowest BCUT2D eigenvalue weighted by Gasteiger charge is -2.32. The first-order valence-electron chi connectivity index (χ1n) is 9.10. The second kappa shape index (κ2) is 8.02. The summed E-state index contributed by atoms with van der Waals surface area (Å²) in [5.74, 6) is 0.887. The van der Waals surface area contributed by atoms with Gasteiger partial charge < -0.3 is 29.5 Å². The molecule has 1 aliphatic heterocycles. The molecule has 0 amide bonds. The predicted octanol–water partition coefficient (Wildman–Crippen LogP) is 3.83. The molecule has 3 N–H and O–H groups in total. The predicted molar refractivity (Wildman–Crippen MR) is 106 cm³/mol. The van der Waals surface area contributed by atoms with E-state index in [1.54, 1.807) is 12.1 Å². The third kappa shape index (κ3) is 3.73. The molecule has 0 radical (unpaired) electrons. The molecule has 0 spiro atoms. The molecular formula is C22H26O6. The van der Waals surface area contributed by atoms with Crippen LogP contribution in [0.2, 0.25) is 0 Å². The first kappa shape index (κ1) is 19.9. The van der Waals surface area contributed by atoms with Crippen molar-refractivity contribution >= 4 is 0 Å². The summed E-state index contributed by atoms with van der Waals surface area (Å²) in [6, 6.07) is 6.47. The molecule has 28 heavy (non-hydrogen) atoms. The first-order chi connectivity index (χ1) is 13.3. The summed E-state index contributed by atoms with van der Waals surface area (Å²) in [5, 5.41) is 31.7. The lowest BCUT2D eigenvalue weighted by atomic mass is 9.85. The van der Waals surface area contributed by atoms with Crippen LogP contribution < -0.4 is 14.2 Å². The number of fused-ring (bicyclic) bond motifs is 1. The van der Waals surface area contributed by atoms with Gasteiger partial charge in [0.05, 0.1) is 38.4 Å². The number of aromatic hydroxyl groups is 2. The van der Waals surface area contributed by atoms with Gasteiger partial charge in [0.15, 0.2) is 0 Å². The first-order valence-corrected chi connectivity index (χ1v) is 9.10. The fourth-order valence-corrected chi connectivity index (χ4v) is 3.43. The molecule has 0 aliphatic carbocycles. The molecule has 6 nitrogen and oxygen atoms in total. The van der Waals surface area contributed by atoms with E-state index in [0.29, 0.717) is 34.8 Å². The standard InChI is InChI=1S/C22H26O6/c1-12(2)5-6-13-7-15(19(27-4)10-17(13)23)16-11-28-20-9-14(26-3)8-18(24)21(20)22(16)25/h5,7-10,16,22-25H,6,11H2,1-4H3. The van der Waals surface area contributed by atoms with Gasteiger partial charge in [-0.3, -0.25) is 0 Å². The summed E-state index contributed by atoms with van der Waals surface area (Å²) in [6.45, 7) is 4.19. The summed E-state index contributed by atoms with van der Waals surface area (Å²) in [4.78, 5) is 0. The Hall–Kier alpha value is -2.86. The van der Waals surface area contributed by atoms with E-state index >= 15 is 0 Å². The summed E-state index contributed by atoms with van der Waals surface area (Å²) < 4.78 is 16.4. The van der Waals surface area contributed by atoms with Gasteiger partial charge in [0.2, 0.25) is 0 Å². The molecule has 0 saturated heterocycles. The Labute approximate surface area is 164 Å². The Morgan fingerprint density at radius 2 is 1.86 bits per heavy atom. The van der Waals surface area contributed by atoms with Gasteiger partial charge in [-0.15, -0.1) is 0 Å². The van der Waals surface area contributed by atoms with Crippen molar-refractivity contribution < 1.29 is 29.5 Å². The van der Waals surface area contributed by atoms with Gasteiger partial charge in [-0.25, -0.2) is 0 Å². The van der Waals surface area contributed by atoms with Crippen LogP contribution in [0.25, 0.3) is 0 Å². The van der Waals surface area contributed by atoms with Gasteiger partial charge in [-0.2, -0.15) is 0 Å². The second-order valence-corrected chi connectivity index (χ2v) is 7.13. The van der Waals surface area contributed by atoms with E-state index in [2.05, 4.69) is 0 Å². The number of phenols is 2. The lowest BCUT2D eigenvalue weighted by Crippen LogP contribution is -2.25. The number of aliphatic hydroxyl groups is 1. The summed E-state index contributed by atoms with van der Waals surface area (Å²) in [6.07, 6.45) is 1.59. The molecule has 1 aliphatic rings. The van der Waals surface area contributed by atoms with Crippen molar-refractivity contribution in [2.45, 2.75) is 32.3 Å². The maximum Gasteiger partial charge on any atom is 0.132 e. The van der Waals surface area contributed by atoms with Crippen LogP contribution in [-0.4, -0.2) is 36.1 Å². The molecule has 2 aromatic rings. The maximum atomic E-state index is 11.0. The highest BCUT2D eigenvalue weighted by Gasteiger charge is 2.35. The average molecular weight is 386 g/mol. The molecule has 0 aromatic heterocycles. The summed E-state index contributed by atoms with van der Waals surface area (Å²) in [7, 11) is 3.01. The topological polar surface area (TPSA) is 88.4 Å². The van der Waals surface area contributed by atoms with Crippen molar-refractivity contribution in [3.05, 3.63) is 52.6 Å². The van der Waals surface area contributed by atoms with Crippen LogP contribution in [0.15, 0.2) is 35.9 Å². The van der Waals surface area contributed by atoms with Crippen molar-refractivity contribution in [2.24, 2.45) is 0 Å². The highest BCUT2D eigenvalue weighted by Crippen LogP contribution is 2.48. The molecule has 6 heteroatoms. The molecule has 3 rings (SSSR count). The molecule has 1 heterocycles. The van der Waals surface area contributed by atoms with Gasteiger partial charge in [0, 0.05) is 23.8 Å². The molecule has 0 bridgehead atoms. The quantitative estimate of drug-likeness (QED) is 0.677. The minimum absolute atomic E-state index is 0.0888. The zero-order valence-electron chi connectivity index (χ0n) is 16.5. The van der Waals surface area contributed by atoms with Gasteiger partial charge in [0.25, 0.3) is 0 Å². The number of rotatable bonds is 5. The summed E-state index contributed by atoms with van der Waals surface area (Å²) in [5.41, 5.74) is 2.91. The number of ether oxygens (including phenoxy) is 3. The van der Waals surface area contributed by atoms with Crippen LogP contribution in [0, 0.1) is 0 Å². The highest BCUT2D eigenvalue weighted by atomic mass is 16.5. The Balaban J connectivity index is 2.04. The van der Waals surface area contributed by atoms with E-state index in [-0.39, 0.29) is 18.1 Å². The van der Waals surface area contributed by atoms with E-state index in [1.165, 1.54) is 20.3 Å². The number of hydrogen-bond acceptors (Lipinski definition) is 6. The molecule has 2 aromatic carbocycles. The Morgan fingerprint density at radius 3 is 2.50 bits per heavy atom. The number of benzene rings is 2. The Morgan fingerprint density at radius 1 is 1.11 bits per heavy atom. The van der Waals surface area contributed by atoms with Crippen LogP contribution in [0.4, 0.5) is 0 Å². The molecular weight excluding hydrogens is 360 g/mol. The van der Waals surface area contributed by atoms with Gasteiger partial charge in [-0.05, 0) is 31.9 Å². The highest BCUT2D eigenvalue weighted by molar-refractivity contribution is 5.55. The van der Waals surface area contributed by atoms with E-state index in [4.69, 9.17) is 14.2 Å². The van der Waals surface area contributed by atoms with Gasteiger partial charge in [-0.1, -0.05) is 11.6 Å². The largest absolute Gasteiger partial charge is 0.508 e. The minimum atomic E-state index is -0.996. The minimum Gasteiger partial charge on any atom is -0.508 e. The monoisotopic (exact) mass is 386 g/mol. The summed E-state index contributed by atoms with van der Waals surface area (Å²) >= 11 is 0. The van der Waals surface area contributed by atoms with Crippen LogP contribution in [0.5, 0.6) is 28.7 Å². The SMILES string of the molecule is COc1cc(O)c2c(c1)OCC(c1cc(CC=C(C)C)c(O)cc1OC)C2O.